The summed E-state index contributed by atoms with van der Waals surface area (Å²) in [4.78, 5) is 38.7. The van der Waals surface area contributed by atoms with Crippen LogP contribution in [0.3, 0.4) is 0 Å². The van der Waals surface area contributed by atoms with E-state index in [2.05, 4.69) is 20.9 Å². The Morgan fingerprint density at radius 3 is 2.54 bits per heavy atom. The van der Waals surface area contributed by atoms with Gasteiger partial charge in [-0.15, -0.1) is 0 Å². The first-order valence-electron chi connectivity index (χ1n) is 7.99. The van der Waals surface area contributed by atoms with Crippen molar-refractivity contribution in [2.75, 3.05) is 0 Å². The molecule has 10 heteroatoms. The quantitative estimate of drug-likeness (QED) is 0.517. The van der Waals surface area contributed by atoms with Crippen LogP contribution in [0.1, 0.15) is 25.2 Å². The molecule has 0 spiro atoms. The zero-order valence-electron chi connectivity index (χ0n) is 13.6. The first-order valence-corrected chi connectivity index (χ1v) is 7.99. The van der Waals surface area contributed by atoms with Gasteiger partial charge in [-0.1, -0.05) is 5.16 Å². The molecule has 26 heavy (non-hydrogen) atoms. The third kappa shape index (κ3) is 4.85. The summed E-state index contributed by atoms with van der Waals surface area (Å²) in [7, 11) is 0. The molecule has 1 fully saturated rings. The fraction of sp³-hybridized carbons (Fsp3) is 0.312. The molecule has 1 aliphatic rings. The normalized spacial score (nSPS) is 13.1. The lowest BCUT2D eigenvalue weighted by Gasteiger charge is -2.06. The number of nitrogens with one attached hydrogen (secondary N) is 3. The van der Waals surface area contributed by atoms with Gasteiger partial charge in [-0.3, -0.25) is 25.2 Å². The summed E-state index contributed by atoms with van der Waals surface area (Å²) in [6.07, 6.45) is 1.82. The van der Waals surface area contributed by atoms with Gasteiger partial charge in [-0.2, -0.15) is 4.98 Å². The van der Waals surface area contributed by atoms with E-state index in [0.29, 0.717) is 5.56 Å². The summed E-state index contributed by atoms with van der Waals surface area (Å²) in [5.41, 5.74) is 4.76. The lowest BCUT2D eigenvalue weighted by Crippen LogP contribution is -2.49. The van der Waals surface area contributed by atoms with Gasteiger partial charge in [-0.05, 0) is 37.1 Å². The number of halogens is 1. The van der Waals surface area contributed by atoms with E-state index in [-0.39, 0.29) is 36.4 Å². The molecule has 3 amide bonds. The number of carbonyl (C=O) groups excluding carboxylic acids is 3. The maximum atomic E-state index is 12.9. The first-order chi connectivity index (χ1) is 12.5. The molecule has 136 valence electrons. The Morgan fingerprint density at radius 2 is 1.85 bits per heavy atom. The third-order valence-electron chi connectivity index (χ3n) is 3.57. The molecule has 0 atom stereocenters. The van der Waals surface area contributed by atoms with Crippen LogP contribution in [0.15, 0.2) is 28.8 Å². The molecule has 2 aromatic rings. The van der Waals surface area contributed by atoms with Crippen LogP contribution >= 0.6 is 0 Å². The van der Waals surface area contributed by atoms with Crippen molar-refractivity contribution in [1.29, 1.82) is 0 Å². The fourth-order valence-electron chi connectivity index (χ4n) is 2.02. The van der Waals surface area contributed by atoms with Crippen molar-refractivity contribution in [3.63, 3.8) is 0 Å². The number of benzene rings is 1. The second-order valence-electron chi connectivity index (χ2n) is 5.77. The van der Waals surface area contributed by atoms with Crippen LogP contribution < -0.4 is 16.2 Å². The molecule has 1 aliphatic carbocycles. The largest absolute Gasteiger partial charge is 0.345 e. The summed E-state index contributed by atoms with van der Waals surface area (Å²) >= 11 is 0. The first kappa shape index (κ1) is 17.5. The van der Waals surface area contributed by atoms with E-state index in [1.807, 2.05) is 5.43 Å². The Balaban J connectivity index is 1.42. The van der Waals surface area contributed by atoms with Crippen LogP contribution in [-0.2, 0) is 20.8 Å². The molecule has 1 aromatic carbocycles. The standard InChI is InChI=1S/C16H16FN5O4/c17-10-3-1-9(2-4-10)14-19-13(26-22-14)8-7-12(23)20-21-16(25)15(24)18-11-5-6-11/h1-4,11H,5-8H2,(H,18,24)(H,20,23)(H,21,25). The highest BCUT2D eigenvalue weighted by Gasteiger charge is 2.26. The summed E-state index contributed by atoms with van der Waals surface area (Å²) in [6, 6.07) is 5.64. The van der Waals surface area contributed by atoms with Crippen LogP contribution in [0.5, 0.6) is 0 Å². The van der Waals surface area contributed by atoms with Gasteiger partial charge in [0.15, 0.2) is 0 Å². The van der Waals surface area contributed by atoms with Crippen molar-refractivity contribution in [1.82, 2.24) is 26.3 Å². The summed E-state index contributed by atoms with van der Waals surface area (Å²) < 4.78 is 17.9. The second kappa shape index (κ2) is 7.72. The smallest absolute Gasteiger partial charge is 0.327 e. The minimum atomic E-state index is -0.929. The maximum Gasteiger partial charge on any atom is 0.327 e. The van der Waals surface area contributed by atoms with E-state index < -0.39 is 17.7 Å². The zero-order valence-corrected chi connectivity index (χ0v) is 13.6. The Hall–Kier alpha value is -3.30. The van der Waals surface area contributed by atoms with Crippen LogP contribution in [-0.4, -0.2) is 33.9 Å². The van der Waals surface area contributed by atoms with E-state index in [1.54, 1.807) is 0 Å². The van der Waals surface area contributed by atoms with Gasteiger partial charge in [0, 0.05) is 24.4 Å². The Kier molecular flexibility index (Phi) is 5.20. The zero-order chi connectivity index (χ0) is 18.5. The predicted molar refractivity (Wildman–Crippen MR) is 85.5 cm³/mol. The fourth-order valence-corrected chi connectivity index (χ4v) is 2.02. The van der Waals surface area contributed by atoms with Crippen LogP contribution in [0.25, 0.3) is 11.4 Å². The second-order valence-corrected chi connectivity index (χ2v) is 5.77. The minimum Gasteiger partial charge on any atom is -0.345 e. The average Bonchev–Trinajstić information content (AvgIpc) is 3.32. The Labute approximate surface area is 147 Å². The molecule has 1 aromatic heterocycles. The average molecular weight is 361 g/mol. The molecule has 0 aliphatic heterocycles. The van der Waals surface area contributed by atoms with Gasteiger partial charge in [-0.25, -0.2) is 4.39 Å². The number of hydrogen-bond donors (Lipinski definition) is 3. The molecule has 0 unspecified atom stereocenters. The molecule has 0 radical (unpaired) electrons. The van der Waals surface area contributed by atoms with Gasteiger partial charge in [0.1, 0.15) is 5.82 Å². The van der Waals surface area contributed by atoms with Gasteiger partial charge in [0.05, 0.1) is 0 Å². The van der Waals surface area contributed by atoms with Crippen LogP contribution in [0, 0.1) is 5.82 Å². The molecule has 3 N–H and O–H groups in total. The van der Waals surface area contributed by atoms with E-state index in [0.717, 1.165) is 12.8 Å². The monoisotopic (exact) mass is 361 g/mol. The van der Waals surface area contributed by atoms with Crippen molar-refractivity contribution in [3.8, 4) is 11.4 Å². The van der Waals surface area contributed by atoms with Crippen molar-refractivity contribution in [3.05, 3.63) is 36.0 Å². The molecule has 9 nitrogen and oxygen atoms in total. The number of hydrogen-bond acceptors (Lipinski definition) is 6. The van der Waals surface area contributed by atoms with Crippen molar-refractivity contribution in [2.45, 2.75) is 31.7 Å². The van der Waals surface area contributed by atoms with Gasteiger partial charge in [0.2, 0.25) is 17.6 Å². The topological polar surface area (TPSA) is 126 Å². The molecule has 1 heterocycles. The maximum absolute atomic E-state index is 12.9. The third-order valence-corrected chi connectivity index (χ3v) is 3.57. The summed E-state index contributed by atoms with van der Waals surface area (Å²) in [6.45, 7) is 0. The van der Waals surface area contributed by atoms with Crippen molar-refractivity contribution in [2.24, 2.45) is 0 Å². The van der Waals surface area contributed by atoms with Gasteiger partial charge in [0.25, 0.3) is 0 Å². The van der Waals surface area contributed by atoms with E-state index >= 15 is 0 Å². The van der Waals surface area contributed by atoms with Crippen molar-refractivity contribution >= 4 is 17.7 Å². The molecular weight excluding hydrogens is 345 g/mol. The Bertz CT molecular complexity index is 816. The highest BCUT2D eigenvalue weighted by Crippen LogP contribution is 2.18. The van der Waals surface area contributed by atoms with Gasteiger partial charge >= 0.3 is 11.8 Å². The highest BCUT2D eigenvalue weighted by atomic mass is 19.1. The number of amides is 3. The van der Waals surface area contributed by atoms with Crippen LogP contribution in [0.2, 0.25) is 0 Å². The molecule has 0 bridgehead atoms. The number of nitrogens with zero attached hydrogens (tertiary/aromatic N) is 2. The number of carbonyl (C=O) groups is 3. The molecule has 1 saturated carbocycles. The van der Waals surface area contributed by atoms with E-state index in [1.165, 1.54) is 24.3 Å². The lowest BCUT2D eigenvalue weighted by atomic mass is 10.2. The lowest BCUT2D eigenvalue weighted by molar-refractivity contribution is -0.141. The van der Waals surface area contributed by atoms with E-state index in [4.69, 9.17) is 4.52 Å². The number of hydrazine groups is 1. The minimum absolute atomic E-state index is 0.0322. The molecule has 3 rings (SSSR count). The SMILES string of the molecule is O=C(CCc1nc(-c2ccc(F)cc2)no1)NNC(=O)C(=O)NC1CC1. The summed E-state index contributed by atoms with van der Waals surface area (Å²) in [5.74, 6) is -2.10. The summed E-state index contributed by atoms with van der Waals surface area (Å²) in [5, 5.41) is 6.26. The van der Waals surface area contributed by atoms with E-state index in [9.17, 15) is 18.8 Å². The molecule has 0 saturated heterocycles. The van der Waals surface area contributed by atoms with Gasteiger partial charge < -0.3 is 9.84 Å². The number of aryl methyl sites for hydroxylation is 1. The van der Waals surface area contributed by atoms with Crippen LogP contribution in [0.4, 0.5) is 4.39 Å². The number of aromatic nitrogens is 2. The number of rotatable bonds is 5. The Morgan fingerprint density at radius 1 is 1.12 bits per heavy atom. The van der Waals surface area contributed by atoms with Crippen molar-refractivity contribution < 1.29 is 23.3 Å². The highest BCUT2D eigenvalue weighted by molar-refractivity contribution is 6.35. The molecular formula is C16H16FN5O4. The predicted octanol–water partition coefficient (Wildman–Crippen LogP) is 0.234.